The number of hydrogen-bond donors (Lipinski definition) is 1. The quantitative estimate of drug-likeness (QED) is 0.448. The van der Waals surface area contributed by atoms with Gasteiger partial charge in [0.05, 0.1) is 33.1 Å². The maximum atomic E-state index is 14.0. The number of rotatable bonds is 8. The minimum absolute atomic E-state index is 0.0185. The van der Waals surface area contributed by atoms with Gasteiger partial charge in [0.1, 0.15) is 5.02 Å². The summed E-state index contributed by atoms with van der Waals surface area (Å²) in [5.41, 5.74) is -1.41. The summed E-state index contributed by atoms with van der Waals surface area (Å²) < 4.78 is 58.1. The van der Waals surface area contributed by atoms with Crippen LogP contribution in [0.25, 0.3) is 16.9 Å². The average molecular weight is 528 g/mol. The number of aromatic nitrogens is 3. The van der Waals surface area contributed by atoms with Crippen molar-refractivity contribution in [1.82, 2.24) is 24.8 Å². The largest absolute Gasteiger partial charge is 0.493 e. The molecular weight excluding hydrogens is 503 g/mol. The van der Waals surface area contributed by atoms with Gasteiger partial charge in [-0.25, -0.2) is 9.50 Å². The maximum absolute atomic E-state index is 14.0. The van der Waals surface area contributed by atoms with Crippen molar-refractivity contribution in [3.63, 3.8) is 0 Å². The molecule has 1 aliphatic rings. The lowest BCUT2D eigenvalue weighted by Gasteiger charge is -2.26. The molecule has 36 heavy (non-hydrogen) atoms. The molecule has 0 atom stereocenters. The summed E-state index contributed by atoms with van der Waals surface area (Å²) in [6.07, 6.45) is -4.13. The number of carbonyl (C=O) groups is 1. The second kappa shape index (κ2) is 10.9. The van der Waals surface area contributed by atoms with Crippen LogP contribution in [0.4, 0.5) is 13.2 Å². The van der Waals surface area contributed by atoms with Crippen LogP contribution in [0.15, 0.2) is 24.3 Å². The third kappa shape index (κ3) is 5.50. The van der Waals surface area contributed by atoms with Crippen LogP contribution in [0.5, 0.6) is 11.5 Å². The third-order valence-electron chi connectivity index (χ3n) is 5.76. The number of ether oxygens (including phenoxy) is 3. The van der Waals surface area contributed by atoms with Gasteiger partial charge in [0.25, 0.3) is 5.91 Å². The standard InChI is InChI=1S/C23H25ClF3N5O4/c1-34-16-5-4-14(12-17(16)35-2)15-13-18(23(25,26)27)32-21(29-15)19(24)20(30-32)22(33)28-6-3-7-31-8-10-36-11-9-31/h4-5,12-13H,3,6-11H2,1-2H3,(H,28,33). The van der Waals surface area contributed by atoms with E-state index in [0.717, 1.165) is 25.7 Å². The Hall–Kier alpha value is -3.09. The summed E-state index contributed by atoms with van der Waals surface area (Å²) >= 11 is 6.33. The van der Waals surface area contributed by atoms with Gasteiger partial charge >= 0.3 is 6.18 Å². The molecule has 1 aromatic carbocycles. The van der Waals surface area contributed by atoms with Crippen molar-refractivity contribution in [2.75, 3.05) is 53.6 Å². The topological polar surface area (TPSA) is 90.2 Å². The Balaban J connectivity index is 1.62. The van der Waals surface area contributed by atoms with Crippen LogP contribution in [0, 0.1) is 0 Å². The molecular formula is C23H25ClF3N5O4. The van der Waals surface area contributed by atoms with E-state index in [2.05, 4.69) is 20.3 Å². The summed E-state index contributed by atoms with van der Waals surface area (Å²) in [4.78, 5) is 19.2. The van der Waals surface area contributed by atoms with Crippen molar-refractivity contribution < 1.29 is 32.2 Å². The zero-order chi connectivity index (χ0) is 25.9. The number of fused-ring (bicyclic) bond motifs is 1. The monoisotopic (exact) mass is 527 g/mol. The molecule has 2 aromatic heterocycles. The minimum Gasteiger partial charge on any atom is -0.493 e. The van der Waals surface area contributed by atoms with Crippen molar-refractivity contribution in [1.29, 1.82) is 0 Å². The van der Waals surface area contributed by atoms with E-state index >= 15 is 0 Å². The highest BCUT2D eigenvalue weighted by Gasteiger charge is 2.36. The van der Waals surface area contributed by atoms with E-state index in [9.17, 15) is 18.0 Å². The van der Waals surface area contributed by atoms with Gasteiger partial charge in [-0.1, -0.05) is 11.6 Å². The zero-order valence-electron chi connectivity index (χ0n) is 19.7. The number of alkyl halides is 3. The lowest BCUT2D eigenvalue weighted by atomic mass is 10.1. The molecule has 13 heteroatoms. The van der Waals surface area contributed by atoms with Gasteiger partial charge < -0.3 is 19.5 Å². The van der Waals surface area contributed by atoms with Crippen molar-refractivity contribution in [3.8, 4) is 22.8 Å². The molecule has 194 valence electrons. The van der Waals surface area contributed by atoms with E-state index in [1.807, 2.05) is 0 Å². The van der Waals surface area contributed by atoms with E-state index < -0.39 is 17.8 Å². The Bertz CT molecular complexity index is 1240. The van der Waals surface area contributed by atoms with Crippen molar-refractivity contribution >= 4 is 23.2 Å². The van der Waals surface area contributed by atoms with Crippen LogP contribution in [-0.4, -0.2) is 79.0 Å². The third-order valence-corrected chi connectivity index (χ3v) is 6.11. The van der Waals surface area contributed by atoms with Crippen LogP contribution >= 0.6 is 11.6 Å². The highest BCUT2D eigenvalue weighted by molar-refractivity contribution is 6.36. The highest BCUT2D eigenvalue weighted by Crippen LogP contribution is 2.37. The normalized spacial score (nSPS) is 14.7. The Morgan fingerprint density at radius 3 is 2.56 bits per heavy atom. The molecule has 4 rings (SSSR count). The van der Waals surface area contributed by atoms with Crippen molar-refractivity contribution in [2.24, 2.45) is 0 Å². The molecule has 1 fully saturated rings. The smallest absolute Gasteiger partial charge is 0.433 e. The van der Waals surface area contributed by atoms with E-state index in [1.54, 1.807) is 12.1 Å². The molecule has 9 nitrogen and oxygen atoms in total. The molecule has 0 aliphatic carbocycles. The fourth-order valence-electron chi connectivity index (χ4n) is 3.90. The van der Waals surface area contributed by atoms with Crippen LogP contribution in [0.2, 0.25) is 5.02 Å². The first-order valence-corrected chi connectivity index (χ1v) is 11.6. The van der Waals surface area contributed by atoms with Crippen LogP contribution in [-0.2, 0) is 10.9 Å². The number of nitrogens with one attached hydrogen (secondary N) is 1. The second-order valence-electron chi connectivity index (χ2n) is 8.06. The lowest BCUT2D eigenvalue weighted by Crippen LogP contribution is -2.38. The summed E-state index contributed by atoms with van der Waals surface area (Å²) in [5.74, 6) is 0.0589. The minimum atomic E-state index is -4.78. The van der Waals surface area contributed by atoms with E-state index in [-0.39, 0.29) is 22.1 Å². The number of morpholine rings is 1. The number of nitrogens with zero attached hydrogens (tertiary/aromatic N) is 4. The predicted octanol–water partition coefficient (Wildman–Crippen LogP) is 3.54. The highest BCUT2D eigenvalue weighted by atomic mass is 35.5. The van der Waals surface area contributed by atoms with Crippen LogP contribution in [0.3, 0.4) is 0 Å². The predicted molar refractivity (Wildman–Crippen MR) is 126 cm³/mol. The number of benzene rings is 1. The summed E-state index contributed by atoms with van der Waals surface area (Å²) in [7, 11) is 2.87. The number of amides is 1. The van der Waals surface area contributed by atoms with Gasteiger partial charge in [0.2, 0.25) is 0 Å². The van der Waals surface area contributed by atoms with Gasteiger partial charge in [-0.15, -0.1) is 0 Å². The first kappa shape index (κ1) is 26.0. The van der Waals surface area contributed by atoms with Gasteiger partial charge in [0.15, 0.2) is 28.5 Å². The number of carbonyl (C=O) groups excluding carboxylic acids is 1. The lowest BCUT2D eigenvalue weighted by molar-refractivity contribution is -0.142. The Morgan fingerprint density at radius 1 is 1.17 bits per heavy atom. The Kier molecular flexibility index (Phi) is 7.86. The van der Waals surface area contributed by atoms with Gasteiger partial charge in [-0.2, -0.15) is 18.3 Å². The first-order valence-electron chi connectivity index (χ1n) is 11.2. The molecule has 1 amide bonds. The molecule has 0 bridgehead atoms. The van der Waals surface area contributed by atoms with E-state index in [1.165, 1.54) is 20.3 Å². The molecule has 1 N–H and O–H groups in total. The Morgan fingerprint density at radius 2 is 1.89 bits per heavy atom. The number of hydrogen-bond acceptors (Lipinski definition) is 7. The fourth-order valence-corrected chi connectivity index (χ4v) is 4.14. The van der Waals surface area contributed by atoms with Crippen molar-refractivity contribution in [3.05, 3.63) is 40.7 Å². The van der Waals surface area contributed by atoms with Crippen LogP contribution < -0.4 is 14.8 Å². The molecule has 1 saturated heterocycles. The molecule has 3 aromatic rings. The SMILES string of the molecule is COc1ccc(-c2cc(C(F)(F)F)n3nc(C(=O)NCCCN4CCOCC4)c(Cl)c3n2)cc1OC. The molecule has 0 radical (unpaired) electrons. The van der Waals surface area contributed by atoms with Crippen molar-refractivity contribution in [2.45, 2.75) is 12.6 Å². The second-order valence-corrected chi connectivity index (χ2v) is 8.43. The molecule has 0 saturated carbocycles. The van der Waals surface area contributed by atoms with Gasteiger partial charge in [-0.05, 0) is 37.2 Å². The Labute approximate surface area is 210 Å². The fraction of sp³-hybridized carbons (Fsp3) is 0.435. The zero-order valence-corrected chi connectivity index (χ0v) is 20.4. The summed E-state index contributed by atoms with van der Waals surface area (Å²) in [6.45, 7) is 4.06. The molecule has 1 aliphatic heterocycles. The maximum Gasteiger partial charge on any atom is 0.433 e. The first-order chi connectivity index (χ1) is 17.2. The molecule has 0 unspecified atom stereocenters. The number of methoxy groups -OCH3 is 2. The van der Waals surface area contributed by atoms with E-state index in [0.29, 0.717) is 47.8 Å². The summed E-state index contributed by atoms with van der Waals surface area (Å²) in [6, 6.07) is 5.46. The molecule has 3 heterocycles. The van der Waals surface area contributed by atoms with E-state index in [4.69, 9.17) is 25.8 Å². The molecule has 0 spiro atoms. The number of halogens is 4. The van der Waals surface area contributed by atoms with Crippen LogP contribution in [0.1, 0.15) is 22.6 Å². The average Bonchev–Trinajstić information content (AvgIpc) is 3.21. The van der Waals surface area contributed by atoms with Gasteiger partial charge in [-0.3, -0.25) is 9.69 Å². The van der Waals surface area contributed by atoms with Gasteiger partial charge in [0, 0.05) is 25.2 Å². The summed E-state index contributed by atoms with van der Waals surface area (Å²) in [5, 5.41) is 6.27.